The van der Waals surface area contributed by atoms with Crippen LogP contribution in [0.2, 0.25) is 0 Å². The number of benzene rings is 1. The highest BCUT2D eigenvalue weighted by molar-refractivity contribution is 8.00. The van der Waals surface area contributed by atoms with Crippen LogP contribution in [0.4, 0.5) is 4.79 Å². The highest BCUT2D eigenvalue weighted by atomic mass is 32.2. The van der Waals surface area contributed by atoms with E-state index in [0.29, 0.717) is 0 Å². The fourth-order valence-corrected chi connectivity index (χ4v) is 2.16. The lowest BCUT2D eigenvalue weighted by Crippen LogP contribution is -2.38. The van der Waals surface area contributed by atoms with Crippen molar-refractivity contribution in [2.45, 2.75) is 18.7 Å². The average Bonchev–Trinajstić information content (AvgIpc) is 2.30. The fraction of sp³-hybridized carbons (Fsp3) is 0.333. The number of thioether (sulfide) groups is 1. The number of imide groups is 1. The van der Waals surface area contributed by atoms with Gasteiger partial charge in [-0.1, -0.05) is 17.7 Å². The van der Waals surface area contributed by atoms with Crippen molar-refractivity contribution in [1.82, 2.24) is 10.6 Å². The number of hydrogen-bond donors (Lipinski definition) is 2. The summed E-state index contributed by atoms with van der Waals surface area (Å²) in [6.45, 7) is 4.01. The maximum absolute atomic E-state index is 11.4. The highest BCUT2D eigenvalue weighted by Crippen LogP contribution is 2.23. The first kappa shape index (κ1) is 13.6. The third-order valence-electron chi connectivity index (χ3n) is 2.18. The SMILES string of the molecule is CNC(=O)NC(=O)CSc1cc(C)ccc1C. The zero-order chi connectivity index (χ0) is 12.8. The van der Waals surface area contributed by atoms with Gasteiger partial charge in [-0.05, 0) is 25.5 Å². The molecule has 92 valence electrons. The van der Waals surface area contributed by atoms with Crippen LogP contribution in [0.15, 0.2) is 23.1 Å². The number of carbonyl (C=O) groups excluding carboxylic acids is 2. The molecule has 0 aromatic heterocycles. The Bertz CT molecular complexity index is 433. The van der Waals surface area contributed by atoms with Gasteiger partial charge in [-0.2, -0.15) is 0 Å². The van der Waals surface area contributed by atoms with Crippen molar-refractivity contribution in [3.8, 4) is 0 Å². The molecule has 0 aliphatic rings. The number of carbonyl (C=O) groups is 2. The van der Waals surface area contributed by atoms with Crippen LogP contribution in [0.25, 0.3) is 0 Å². The van der Waals surface area contributed by atoms with Crippen molar-refractivity contribution < 1.29 is 9.59 Å². The summed E-state index contributed by atoms with van der Waals surface area (Å²) in [5, 5.41) is 4.56. The number of urea groups is 1. The van der Waals surface area contributed by atoms with Crippen molar-refractivity contribution in [1.29, 1.82) is 0 Å². The molecule has 0 heterocycles. The van der Waals surface area contributed by atoms with Crippen molar-refractivity contribution in [2.75, 3.05) is 12.8 Å². The standard InChI is InChI=1S/C12H16N2O2S/c1-8-4-5-9(2)10(6-8)17-7-11(15)14-12(16)13-3/h4-6H,7H2,1-3H3,(H2,13,14,15,16). The van der Waals surface area contributed by atoms with Crippen LogP contribution >= 0.6 is 11.8 Å². The molecule has 0 bridgehead atoms. The number of amides is 3. The smallest absolute Gasteiger partial charge is 0.321 e. The van der Waals surface area contributed by atoms with E-state index in [1.54, 1.807) is 0 Å². The Labute approximate surface area is 105 Å². The summed E-state index contributed by atoms with van der Waals surface area (Å²) in [6, 6.07) is 5.61. The Morgan fingerprint density at radius 3 is 2.65 bits per heavy atom. The normalized spacial score (nSPS) is 9.82. The number of nitrogens with one attached hydrogen (secondary N) is 2. The lowest BCUT2D eigenvalue weighted by atomic mass is 10.2. The number of hydrogen-bond acceptors (Lipinski definition) is 3. The van der Waals surface area contributed by atoms with E-state index in [-0.39, 0.29) is 11.7 Å². The van der Waals surface area contributed by atoms with E-state index >= 15 is 0 Å². The van der Waals surface area contributed by atoms with Crippen molar-refractivity contribution >= 4 is 23.7 Å². The molecule has 1 aromatic carbocycles. The van der Waals surface area contributed by atoms with Gasteiger partial charge in [0.2, 0.25) is 5.91 Å². The van der Waals surface area contributed by atoms with Gasteiger partial charge in [0.05, 0.1) is 5.75 Å². The highest BCUT2D eigenvalue weighted by Gasteiger charge is 2.07. The van der Waals surface area contributed by atoms with E-state index in [0.717, 1.165) is 16.0 Å². The summed E-state index contributed by atoms with van der Waals surface area (Å²) in [5.41, 5.74) is 2.29. The van der Waals surface area contributed by atoms with Gasteiger partial charge < -0.3 is 5.32 Å². The van der Waals surface area contributed by atoms with Gasteiger partial charge in [0.25, 0.3) is 0 Å². The van der Waals surface area contributed by atoms with E-state index in [1.807, 2.05) is 32.0 Å². The molecular formula is C12H16N2O2S. The molecule has 0 atom stereocenters. The van der Waals surface area contributed by atoms with E-state index < -0.39 is 6.03 Å². The van der Waals surface area contributed by atoms with Gasteiger partial charge >= 0.3 is 6.03 Å². The molecule has 0 saturated heterocycles. The Hall–Kier alpha value is -1.49. The summed E-state index contributed by atoms with van der Waals surface area (Å²) in [6.07, 6.45) is 0. The van der Waals surface area contributed by atoms with Crippen LogP contribution in [-0.4, -0.2) is 24.7 Å². The van der Waals surface area contributed by atoms with Gasteiger partial charge in [0.15, 0.2) is 0 Å². The summed E-state index contributed by atoms with van der Waals surface area (Å²) in [7, 11) is 1.47. The first-order chi connectivity index (χ1) is 8.02. The van der Waals surface area contributed by atoms with Crippen molar-refractivity contribution in [2.24, 2.45) is 0 Å². The summed E-state index contributed by atoms with van der Waals surface area (Å²) in [5.74, 6) is -0.0622. The largest absolute Gasteiger partial charge is 0.341 e. The van der Waals surface area contributed by atoms with E-state index in [9.17, 15) is 9.59 Å². The van der Waals surface area contributed by atoms with Gasteiger partial charge in [-0.25, -0.2) is 4.79 Å². The minimum atomic E-state index is -0.475. The first-order valence-electron chi connectivity index (χ1n) is 5.24. The molecule has 2 N–H and O–H groups in total. The predicted molar refractivity (Wildman–Crippen MR) is 69.2 cm³/mol. The molecular weight excluding hydrogens is 236 g/mol. The quantitative estimate of drug-likeness (QED) is 0.807. The second-order valence-electron chi connectivity index (χ2n) is 3.68. The molecule has 0 aliphatic carbocycles. The lowest BCUT2D eigenvalue weighted by Gasteiger charge is -2.06. The molecule has 0 fully saturated rings. The van der Waals surface area contributed by atoms with Gasteiger partial charge in [-0.3, -0.25) is 10.1 Å². The number of aryl methyl sites for hydroxylation is 2. The Kier molecular flexibility index (Phi) is 5.03. The Morgan fingerprint density at radius 2 is 2.00 bits per heavy atom. The van der Waals surface area contributed by atoms with Crippen LogP contribution in [0.3, 0.4) is 0 Å². The molecule has 1 aromatic rings. The van der Waals surface area contributed by atoms with Gasteiger partial charge in [0, 0.05) is 11.9 Å². The van der Waals surface area contributed by atoms with Gasteiger partial charge in [0.1, 0.15) is 0 Å². The molecule has 0 spiro atoms. The van der Waals surface area contributed by atoms with E-state index in [1.165, 1.54) is 18.8 Å². The van der Waals surface area contributed by atoms with Crippen LogP contribution < -0.4 is 10.6 Å². The molecule has 0 aliphatic heterocycles. The molecule has 0 saturated carbocycles. The van der Waals surface area contributed by atoms with Crippen LogP contribution in [0.5, 0.6) is 0 Å². The summed E-state index contributed by atoms with van der Waals surface area (Å²) < 4.78 is 0. The molecule has 5 heteroatoms. The molecule has 17 heavy (non-hydrogen) atoms. The number of rotatable bonds is 3. The second-order valence-corrected chi connectivity index (χ2v) is 4.70. The Morgan fingerprint density at radius 1 is 1.29 bits per heavy atom. The molecule has 0 radical (unpaired) electrons. The average molecular weight is 252 g/mol. The van der Waals surface area contributed by atoms with Gasteiger partial charge in [-0.15, -0.1) is 11.8 Å². The van der Waals surface area contributed by atoms with E-state index in [4.69, 9.17) is 0 Å². The monoisotopic (exact) mass is 252 g/mol. The zero-order valence-corrected chi connectivity index (χ0v) is 11.0. The van der Waals surface area contributed by atoms with E-state index in [2.05, 4.69) is 10.6 Å². The maximum Gasteiger partial charge on any atom is 0.321 e. The second kappa shape index (κ2) is 6.30. The zero-order valence-electron chi connectivity index (χ0n) is 10.2. The summed E-state index contributed by atoms with van der Waals surface area (Å²) >= 11 is 1.43. The maximum atomic E-state index is 11.4. The van der Waals surface area contributed by atoms with Crippen molar-refractivity contribution in [3.63, 3.8) is 0 Å². The summed E-state index contributed by atoms with van der Waals surface area (Å²) in [4.78, 5) is 23.4. The predicted octanol–water partition coefficient (Wildman–Crippen LogP) is 1.85. The molecule has 3 amide bonds. The van der Waals surface area contributed by atoms with Crippen LogP contribution in [-0.2, 0) is 4.79 Å². The molecule has 4 nitrogen and oxygen atoms in total. The minimum absolute atomic E-state index is 0.234. The lowest BCUT2D eigenvalue weighted by molar-refractivity contribution is -0.117. The third-order valence-corrected chi connectivity index (χ3v) is 3.34. The fourth-order valence-electron chi connectivity index (χ4n) is 1.23. The van der Waals surface area contributed by atoms with Crippen molar-refractivity contribution in [3.05, 3.63) is 29.3 Å². The topological polar surface area (TPSA) is 58.2 Å². The first-order valence-corrected chi connectivity index (χ1v) is 6.23. The minimum Gasteiger partial charge on any atom is -0.341 e. The molecule has 0 unspecified atom stereocenters. The third kappa shape index (κ3) is 4.48. The Balaban J connectivity index is 2.53. The molecule has 1 rings (SSSR count). The van der Waals surface area contributed by atoms with Crippen LogP contribution in [0.1, 0.15) is 11.1 Å². The van der Waals surface area contributed by atoms with Crippen LogP contribution in [0, 0.1) is 13.8 Å².